The van der Waals surface area contributed by atoms with E-state index in [-0.39, 0.29) is 11.9 Å². The number of benzene rings is 1. The van der Waals surface area contributed by atoms with E-state index in [2.05, 4.69) is 20.1 Å². The summed E-state index contributed by atoms with van der Waals surface area (Å²) in [5.41, 5.74) is 24.8. The van der Waals surface area contributed by atoms with Gasteiger partial charge in [-0.2, -0.15) is 13.1 Å². The summed E-state index contributed by atoms with van der Waals surface area (Å²) in [7, 11) is 0. The highest BCUT2D eigenvalue weighted by atomic mass is 15.3. The summed E-state index contributed by atoms with van der Waals surface area (Å²) in [5, 5.41) is 7.08. The van der Waals surface area contributed by atoms with Crippen molar-refractivity contribution in [1.29, 1.82) is 0 Å². The number of hydrogen-bond donors (Lipinski definition) is 4. The molecule has 0 saturated carbocycles. The Kier molecular flexibility index (Phi) is 8.96. The van der Waals surface area contributed by atoms with Gasteiger partial charge in [-0.3, -0.25) is 0 Å². The van der Waals surface area contributed by atoms with Crippen LogP contribution in [0.25, 0.3) is 9.91 Å². The fraction of sp³-hybridized carbons (Fsp3) is 0.375. The fourth-order valence-corrected chi connectivity index (χ4v) is 2.28. The molecule has 0 aromatic heterocycles. The van der Waals surface area contributed by atoms with Gasteiger partial charge < -0.3 is 32.7 Å². The van der Waals surface area contributed by atoms with Crippen molar-refractivity contribution in [2.24, 2.45) is 33.1 Å². The molecule has 26 heavy (non-hydrogen) atoms. The van der Waals surface area contributed by atoms with Crippen molar-refractivity contribution in [2.75, 3.05) is 26.2 Å². The van der Waals surface area contributed by atoms with Gasteiger partial charge in [-0.05, 0) is 11.1 Å². The van der Waals surface area contributed by atoms with E-state index in [1.807, 2.05) is 24.3 Å². The SMILES string of the molecule is [C-]#[N+]N=C(N)N(CCN)Cc1ccc(CN(CCN)C(N)=N[N+]#[C-])cc1. The maximum atomic E-state index is 6.78. The van der Waals surface area contributed by atoms with E-state index in [9.17, 15) is 0 Å². The summed E-state index contributed by atoms with van der Waals surface area (Å²) < 4.78 is 0. The number of nitrogens with two attached hydrogens (primary N) is 4. The third-order valence-corrected chi connectivity index (χ3v) is 3.52. The summed E-state index contributed by atoms with van der Waals surface area (Å²) in [6, 6.07) is 7.80. The van der Waals surface area contributed by atoms with Gasteiger partial charge in [0.05, 0.1) is 0 Å². The smallest absolute Gasteiger partial charge is 0.278 e. The molecule has 138 valence electrons. The van der Waals surface area contributed by atoms with Gasteiger partial charge in [0.25, 0.3) is 11.9 Å². The molecule has 0 atom stereocenters. The van der Waals surface area contributed by atoms with Gasteiger partial charge >= 0.3 is 0 Å². The van der Waals surface area contributed by atoms with Crippen LogP contribution in [0.5, 0.6) is 0 Å². The van der Waals surface area contributed by atoms with Crippen LogP contribution >= 0.6 is 0 Å². The first kappa shape index (κ1) is 20.7. The monoisotopic (exact) mass is 356 g/mol. The summed E-state index contributed by atoms with van der Waals surface area (Å²) in [6.07, 6.45) is 0. The highest BCUT2D eigenvalue weighted by Gasteiger charge is 2.12. The maximum Gasteiger partial charge on any atom is 0.278 e. The molecule has 0 aliphatic heterocycles. The number of nitrogens with zero attached hydrogens (tertiary/aromatic N) is 6. The Labute approximate surface area is 153 Å². The van der Waals surface area contributed by atoms with Crippen molar-refractivity contribution < 1.29 is 0 Å². The summed E-state index contributed by atoms with van der Waals surface area (Å²) in [5.74, 6) is 0.290. The number of rotatable bonds is 8. The van der Waals surface area contributed by atoms with Crippen LogP contribution in [-0.2, 0) is 13.1 Å². The zero-order valence-electron chi connectivity index (χ0n) is 14.5. The van der Waals surface area contributed by atoms with E-state index in [0.717, 1.165) is 11.1 Å². The molecular weight excluding hydrogens is 332 g/mol. The van der Waals surface area contributed by atoms with Crippen LogP contribution in [-0.4, -0.2) is 47.9 Å². The second-order valence-corrected chi connectivity index (χ2v) is 5.35. The van der Waals surface area contributed by atoms with Crippen molar-refractivity contribution in [1.82, 2.24) is 9.80 Å². The minimum absolute atomic E-state index is 0.145. The van der Waals surface area contributed by atoms with E-state index in [0.29, 0.717) is 39.3 Å². The van der Waals surface area contributed by atoms with Crippen molar-refractivity contribution in [3.05, 3.63) is 58.4 Å². The normalized spacial score (nSPS) is 11.5. The van der Waals surface area contributed by atoms with E-state index in [1.165, 1.54) is 0 Å². The lowest BCUT2D eigenvalue weighted by atomic mass is 10.1. The fourth-order valence-electron chi connectivity index (χ4n) is 2.28. The lowest BCUT2D eigenvalue weighted by molar-refractivity contribution is 0.414. The predicted octanol–water partition coefficient (Wildman–Crippen LogP) is -0.494. The molecule has 1 aromatic rings. The molecule has 0 saturated heterocycles. The van der Waals surface area contributed by atoms with Crippen molar-refractivity contribution in [3.63, 3.8) is 0 Å². The zero-order valence-corrected chi connectivity index (χ0v) is 14.5. The van der Waals surface area contributed by atoms with Crippen LogP contribution in [0.3, 0.4) is 0 Å². The molecule has 8 N–H and O–H groups in total. The predicted molar refractivity (Wildman–Crippen MR) is 102 cm³/mol. The van der Waals surface area contributed by atoms with Crippen LogP contribution in [0.15, 0.2) is 34.5 Å². The van der Waals surface area contributed by atoms with Gasteiger partial charge in [0.1, 0.15) is 10.2 Å². The van der Waals surface area contributed by atoms with Gasteiger partial charge in [0, 0.05) is 39.3 Å². The molecule has 10 nitrogen and oxygen atoms in total. The highest BCUT2D eigenvalue weighted by Crippen LogP contribution is 2.10. The molecule has 0 unspecified atom stereocenters. The minimum atomic E-state index is 0.145. The summed E-state index contributed by atoms with van der Waals surface area (Å²) >= 11 is 0. The largest absolute Gasteiger partial charge is 0.364 e. The van der Waals surface area contributed by atoms with Crippen molar-refractivity contribution in [2.45, 2.75) is 13.1 Å². The van der Waals surface area contributed by atoms with Gasteiger partial charge in [-0.25, -0.2) is 0 Å². The minimum Gasteiger partial charge on any atom is -0.364 e. The Bertz CT molecular complexity index is 634. The second-order valence-electron chi connectivity index (χ2n) is 5.35. The Balaban J connectivity index is 2.84. The molecule has 0 aliphatic carbocycles. The Morgan fingerprint density at radius 2 is 1.15 bits per heavy atom. The molecule has 1 aromatic carbocycles. The lowest BCUT2D eigenvalue weighted by Gasteiger charge is -2.22. The molecule has 0 spiro atoms. The molecule has 0 radical (unpaired) electrons. The first-order chi connectivity index (χ1) is 12.5. The topological polar surface area (TPSA) is 144 Å². The average Bonchev–Trinajstić information content (AvgIpc) is 2.63. The van der Waals surface area contributed by atoms with Crippen molar-refractivity contribution >= 4 is 11.9 Å². The van der Waals surface area contributed by atoms with Gasteiger partial charge in [-0.15, -0.1) is 9.91 Å². The molecule has 0 fully saturated rings. The summed E-state index contributed by atoms with van der Waals surface area (Å²) in [6.45, 7) is 16.4. The Morgan fingerprint density at radius 1 is 0.808 bits per heavy atom. The van der Waals surface area contributed by atoms with E-state index < -0.39 is 0 Å². The molecule has 0 aliphatic rings. The first-order valence-corrected chi connectivity index (χ1v) is 7.93. The average molecular weight is 356 g/mol. The molecule has 1 rings (SSSR count). The molecular formula is C16H24N10. The molecule has 0 bridgehead atoms. The van der Waals surface area contributed by atoms with Crippen LogP contribution < -0.4 is 22.9 Å². The van der Waals surface area contributed by atoms with Crippen LogP contribution in [0, 0.1) is 13.1 Å². The third-order valence-electron chi connectivity index (χ3n) is 3.52. The van der Waals surface area contributed by atoms with Gasteiger partial charge in [0.2, 0.25) is 0 Å². The van der Waals surface area contributed by atoms with Gasteiger partial charge in [-0.1, -0.05) is 24.3 Å². The molecule has 0 heterocycles. The quantitative estimate of drug-likeness (QED) is 0.214. The first-order valence-electron chi connectivity index (χ1n) is 7.93. The van der Waals surface area contributed by atoms with Gasteiger partial charge in [0.15, 0.2) is 0 Å². The maximum absolute atomic E-state index is 6.78. The van der Waals surface area contributed by atoms with E-state index >= 15 is 0 Å². The zero-order chi connectivity index (χ0) is 19.4. The number of hydrogen-bond acceptors (Lipinski definition) is 4. The van der Waals surface area contributed by atoms with Crippen LogP contribution in [0.1, 0.15) is 11.1 Å². The lowest BCUT2D eigenvalue weighted by Crippen LogP contribution is -2.40. The highest BCUT2D eigenvalue weighted by molar-refractivity contribution is 5.78. The standard InChI is InChI=1S/C16H24N10/c1-21-23-15(19)25(9-7-17)11-13-3-5-14(6-4-13)12-26(10-8-18)16(20)24-22-2/h3-6H,7-12,17-18H2,(H2,19,23)(H2,20,24). The Hall–Kier alpha value is -3.34. The van der Waals surface area contributed by atoms with Crippen LogP contribution in [0.2, 0.25) is 0 Å². The van der Waals surface area contributed by atoms with E-state index in [1.54, 1.807) is 9.80 Å². The Morgan fingerprint density at radius 3 is 1.42 bits per heavy atom. The second kappa shape index (κ2) is 11.3. The van der Waals surface area contributed by atoms with E-state index in [4.69, 9.17) is 36.1 Å². The number of guanidine groups is 2. The third kappa shape index (κ3) is 6.65. The van der Waals surface area contributed by atoms with Crippen LogP contribution in [0.4, 0.5) is 0 Å². The van der Waals surface area contributed by atoms with Crippen molar-refractivity contribution in [3.8, 4) is 0 Å². The molecule has 0 amide bonds. The summed E-state index contributed by atoms with van der Waals surface area (Å²) in [4.78, 5) is 9.38. The molecule has 10 heteroatoms.